The van der Waals surface area contributed by atoms with Crippen LogP contribution in [0.1, 0.15) is 110 Å². The molecule has 0 aliphatic rings. The molecule has 0 saturated carbocycles. The third-order valence-electron chi connectivity index (χ3n) is 14.5. The Kier molecular flexibility index (Phi) is 25.4. The SMILES string of the molecule is CO[C@@H](CC(=O)O)C[C@H](O)CCn1c(-c2ccc(F)cc2)c(-c2ccccc2)c(C(=O)Nc2ccccc2)c1C(C)C.CO[C@@H](CC(=O)O)C[C@H](O)CCn1c(-c2ccc(F)cc2)c(-c2ccccc2)c(C(=O)Nc2ccccc2)c1C(C)C.[Ca]. The van der Waals surface area contributed by atoms with Crippen molar-refractivity contribution < 1.29 is 57.9 Å². The summed E-state index contributed by atoms with van der Waals surface area (Å²) in [6, 6.07) is 50.1. The van der Waals surface area contributed by atoms with Crippen molar-refractivity contribution in [2.45, 2.75) is 116 Å². The number of aromatic nitrogens is 2. The van der Waals surface area contributed by atoms with Crippen molar-refractivity contribution in [1.82, 2.24) is 9.13 Å². The monoisotopic (exact) mass is 1180 g/mol. The predicted molar refractivity (Wildman–Crippen MR) is 330 cm³/mol. The molecule has 2 amide bonds. The van der Waals surface area contributed by atoms with Crippen LogP contribution in [0.15, 0.2) is 170 Å². The number of anilines is 2. The summed E-state index contributed by atoms with van der Waals surface area (Å²) in [5.41, 5.74) is 9.93. The smallest absolute Gasteiger partial charge is 0.305 e. The molecule has 6 aromatic carbocycles. The molecule has 17 heteroatoms. The van der Waals surface area contributed by atoms with Crippen molar-refractivity contribution in [3.8, 4) is 44.8 Å². The van der Waals surface area contributed by atoms with Gasteiger partial charge in [0.05, 0.1) is 59.8 Å². The number of amides is 2. The first-order chi connectivity index (χ1) is 40.4. The van der Waals surface area contributed by atoms with Gasteiger partial charge in [0.15, 0.2) is 0 Å². The van der Waals surface area contributed by atoms with Gasteiger partial charge >= 0.3 is 11.9 Å². The fourth-order valence-electron chi connectivity index (χ4n) is 10.7. The Balaban J connectivity index is 0.000000269. The Bertz CT molecular complexity index is 3200. The fourth-order valence-corrected chi connectivity index (χ4v) is 10.7. The summed E-state index contributed by atoms with van der Waals surface area (Å²) >= 11 is 0. The maximum absolute atomic E-state index is 14.1. The van der Waals surface area contributed by atoms with E-state index in [1.165, 1.54) is 38.5 Å². The van der Waals surface area contributed by atoms with Crippen LogP contribution in [0.4, 0.5) is 20.2 Å². The van der Waals surface area contributed by atoms with Crippen LogP contribution in [0.5, 0.6) is 0 Å². The van der Waals surface area contributed by atoms with Crippen LogP contribution >= 0.6 is 0 Å². The molecule has 4 atom stereocenters. The number of nitrogens with one attached hydrogen (secondary N) is 2. The van der Waals surface area contributed by atoms with Gasteiger partial charge in [-0.1, -0.05) is 125 Å². The van der Waals surface area contributed by atoms with Gasteiger partial charge in [-0.3, -0.25) is 19.2 Å². The largest absolute Gasteiger partial charge is 0.481 e. The second-order valence-electron chi connectivity index (χ2n) is 21.2. The molecule has 8 rings (SSSR count). The number of ether oxygens (including phenoxy) is 2. The molecule has 8 aromatic rings. The number of carboxylic acid groups (broad SMARTS) is 2. The minimum atomic E-state index is -0.998. The molecule has 0 aliphatic carbocycles. The predicted octanol–water partition coefficient (Wildman–Crippen LogP) is 13.6. The summed E-state index contributed by atoms with van der Waals surface area (Å²) in [5, 5.41) is 46.3. The van der Waals surface area contributed by atoms with E-state index in [1.54, 1.807) is 24.3 Å². The van der Waals surface area contributed by atoms with Crippen molar-refractivity contribution >= 4 is 72.9 Å². The summed E-state index contributed by atoms with van der Waals surface area (Å²) in [5.74, 6) is -3.46. The van der Waals surface area contributed by atoms with E-state index < -0.39 is 36.4 Å². The third-order valence-corrected chi connectivity index (χ3v) is 14.5. The van der Waals surface area contributed by atoms with Gasteiger partial charge in [0.1, 0.15) is 11.6 Å². The molecule has 0 saturated heterocycles. The van der Waals surface area contributed by atoms with Crippen LogP contribution in [0.2, 0.25) is 0 Å². The van der Waals surface area contributed by atoms with Crippen LogP contribution in [0.25, 0.3) is 44.8 Å². The number of hydrogen-bond acceptors (Lipinski definition) is 8. The van der Waals surface area contributed by atoms with Crippen molar-refractivity contribution in [2.24, 2.45) is 0 Å². The van der Waals surface area contributed by atoms with Gasteiger partial charge in [-0.25, -0.2) is 8.78 Å². The zero-order valence-corrected chi connectivity index (χ0v) is 51.1. The van der Waals surface area contributed by atoms with E-state index in [2.05, 4.69) is 10.6 Å². The van der Waals surface area contributed by atoms with Crippen molar-refractivity contribution in [1.29, 1.82) is 0 Å². The van der Waals surface area contributed by atoms with E-state index in [9.17, 15) is 48.4 Å². The van der Waals surface area contributed by atoms with E-state index in [0.29, 0.717) is 35.6 Å². The molecule has 0 spiro atoms. The van der Waals surface area contributed by atoms with Crippen molar-refractivity contribution in [3.63, 3.8) is 0 Å². The topological polar surface area (TPSA) is 202 Å². The van der Waals surface area contributed by atoms with Gasteiger partial charge in [0.2, 0.25) is 0 Å². The number of benzene rings is 6. The van der Waals surface area contributed by atoms with Gasteiger partial charge in [0, 0.05) is 112 Å². The number of aliphatic carboxylic acids is 2. The average Bonchev–Trinajstić information content (AvgIpc) is 1.92. The molecule has 2 heterocycles. The molecule has 0 aliphatic heterocycles. The van der Waals surface area contributed by atoms with Gasteiger partial charge in [-0.15, -0.1) is 0 Å². The standard InChI is InChI=1S/2C34H37FN2O5.Ca/c2*1-22(2)32-31(34(41)36-26-12-8-5-9-13-26)30(23-10-6-4-7-11-23)33(24-14-16-25(35)17-15-24)37(32)19-18-27(38)20-28(42-3)21-29(39)40;/h2*4-17,22,27-28,38H,18-21H2,1-3H3,(H,36,41)(H,39,40);/t2*27-,28-;/m11./s1. The normalized spacial score (nSPS) is 12.6. The van der Waals surface area contributed by atoms with Gasteiger partial charge in [-0.2, -0.15) is 0 Å². The molecule has 0 bridgehead atoms. The minimum absolute atomic E-state index is 0. The molecule has 0 unspecified atom stereocenters. The van der Waals surface area contributed by atoms with E-state index in [-0.39, 0.29) is 112 Å². The number of carboxylic acids is 2. The number of methoxy groups -OCH3 is 2. The van der Waals surface area contributed by atoms with Crippen molar-refractivity contribution in [2.75, 3.05) is 24.9 Å². The Morgan fingerprint density at radius 1 is 0.471 bits per heavy atom. The van der Waals surface area contributed by atoms with Crippen LogP contribution in [0.3, 0.4) is 0 Å². The first kappa shape index (κ1) is 66.9. The number of aliphatic hydroxyl groups is 2. The minimum Gasteiger partial charge on any atom is -0.481 e. The Hall–Kier alpha value is -7.28. The van der Waals surface area contributed by atoms with Gasteiger partial charge < -0.3 is 49.7 Å². The first-order valence-electron chi connectivity index (χ1n) is 28.1. The number of halogens is 2. The zero-order valence-electron chi connectivity index (χ0n) is 48.9. The van der Waals surface area contributed by atoms with Gasteiger partial charge in [0.25, 0.3) is 11.8 Å². The second-order valence-corrected chi connectivity index (χ2v) is 21.2. The molecule has 85 heavy (non-hydrogen) atoms. The second kappa shape index (κ2) is 32.3. The fraction of sp³-hybridized carbons (Fsp3) is 0.294. The van der Waals surface area contributed by atoms with E-state index >= 15 is 0 Å². The third kappa shape index (κ3) is 17.9. The molecule has 0 fully saturated rings. The Morgan fingerprint density at radius 3 is 1.06 bits per heavy atom. The Morgan fingerprint density at radius 2 is 0.776 bits per heavy atom. The molecule has 6 N–H and O–H groups in total. The Labute approximate surface area is 525 Å². The maximum Gasteiger partial charge on any atom is 0.305 e. The summed E-state index contributed by atoms with van der Waals surface area (Å²) in [7, 11) is 2.86. The number of hydrogen-bond donors (Lipinski definition) is 6. The number of para-hydroxylation sites is 2. The van der Waals surface area contributed by atoms with Gasteiger partial charge in [-0.05, 0) is 120 Å². The number of nitrogens with zero attached hydrogens (tertiary/aromatic N) is 2. The number of aliphatic hydroxyl groups excluding tert-OH is 2. The van der Waals surface area contributed by atoms with E-state index in [0.717, 1.165) is 56.2 Å². The number of rotatable bonds is 26. The molecule has 442 valence electrons. The van der Waals surface area contributed by atoms with Crippen molar-refractivity contribution in [3.05, 3.63) is 204 Å². The average molecular weight is 1190 g/mol. The van der Waals surface area contributed by atoms with Crippen LogP contribution < -0.4 is 10.6 Å². The molecule has 14 nitrogen and oxygen atoms in total. The quantitative estimate of drug-likeness (QED) is 0.0283. The van der Waals surface area contributed by atoms with Crippen LogP contribution in [-0.4, -0.2) is 130 Å². The molecule has 2 radical (unpaired) electrons. The molecule has 2 aromatic heterocycles. The van der Waals surface area contributed by atoms with E-state index in [4.69, 9.17) is 9.47 Å². The summed E-state index contributed by atoms with van der Waals surface area (Å²) in [4.78, 5) is 50.6. The zero-order chi connectivity index (χ0) is 60.5. The van der Waals surface area contributed by atoms with E-state index in [1.807, 2.05) is 158 Å². The molecular weight excluding hydrogens is 1110 g/mol. The van der Waals surface area contributed by atoms with Crippen LogP contribution in [-0.2, 0) is 32.2 Å². The summed E-state index contributed by atoms with van der Waals surface area (Å²) < 4.78 is 42.8. The van der Waals surface area contributed by atoms with Crippen LogP contribution in [0, 0.1) is 11.6 Å². The summed E-state index contributed by atoms with van der Waals surface area (Å²) in [6.07, 6.45) is -2.50. The maximum atomic E-state index is 14.1. The number of carbonyl (C=O) groups is 4. The number of carbonyl (C=O) groups excluding carboxylic acids is 2. The summed E-state index contributed by atoms with van der Waals surface area (Å²) in [6.45, 7) is 8.72. The first-order valence-corrected chi connectivity index (χ1v) is 28.1. The molecular formula is C68H74CaF2N4O10.